The molecule has 0 fully saturated rings. The minimum absolute atomic E-state index is 0.0673. The maximum Gasteiger partial charge on any atom is 0.305 e. The van der Waals surface area contributed by atoms with E-state index >= 15 is 0 Å². The Hall–Kier alpha value is -1.34. The normalized spacial score (nSPS) is 11.1. The number of esters is 1. The summed E-state index contributed by atoms with van der Waals surface area (Å²) in [7, 11) is 0. The SMILES string of the molecule is CCCCCOCCOCCOCCOCCOCCOCCOCCOC(=O)CCCCC(=O)O. The van der Waals surface area contributed by atoms with Crippen molar-refractivity contribution in [3.63, 3.8) is 0 Å². The monoisotopic (exact) mass is 524 g/mol. The van der Waals surface area contributed by atoms with Crippen molar-refractivity contribution in [2.45, 2.75) is 51.9 Å². The third-order valence-corrected chi connectivity index (χ3v) is 4.64. The van der Waals surface area contributed by atoms with Crippen LogP contribution in [-0.2, 0) is 47.5 Å². The number of carbonyl (C=O) groups excluding carboxylic acids is 1. The fourth-order valence-corrected chi connectivity index (χ4v) is 2.71. The molecule has 0 heterocycles. The van der Waals surface area contributed by atoms with Crippen molar-refractivity contribution in [1.29, 1.82) is 0 Å². The van der Waals surface area contributed by atoms with Crippen molar-refractivity contribution in [3.05, 3.63) is 0 Å². The summed E-state index contributed by atoms with van der Waals surface area (Å²) < 4.78 is 42.9. The summed E-state index contributed by atoms with van der Waals surface area (Å²) in [6.07, 6.45) is 4.79. The maximum absolute atomic E-state index is 11.4. The van der Waals surface area contributed by atoms with E-state index in [0.29, 0.717) is 98.7 Å². The second kappa shape index (κ2) is 29.9. The number of aliphatic carboxylic acids is 1. The van der Waals surface area contributed by atoms with Gasteiger partial charge >= 0.3 is 11.9 Å². The van der Waals surface area contributed by atoms with Gasteiger partial charge in [-0.15, -0.1) is 0 Å². The van der Waals surface area contributed by atoms with E-state index in [1.807, 2.05) is 0 Å². The van der Waals surface area contributed by atoms with Gasteiger partial charge in [-0.25, -0.2) is 0 Å². The van der Waals surface area contributed by atoms with Crippen LogP contribution in [0.2, 0.25) is 0 Å². The van der Waals surface area contributed by atoms with E-state index in [0.717, 1.165) is 13.0 Å². The molecule has 0 aromatic rings. The maximum atomic E-state index is 11.4. The minimum atomic E-state index is -0.857. The first-order valence-electron chi connectivity index (χ1n) is 13.1. The van der Waals surface area contributed by atoms with Crippen molar-refractivity contribution in [2.24, 2.45) is 0 Å². The molecular weight excluding hydrogens is 476 g/mol. The highest BCUT2D eigenvalue weighted by Crippen LogP contribution is 2.01. The second-order valence-electron chi connectivity index (χ2n) is 7.82. The zero-order valence-electron chi connectivity index (χ0n) is 22.1. The summed E-state index contributed by atoms with van der Waals surface area (Å²) >= 11 is 0. The van der Waals surface area contributed by atoms with Gasteiger partial charge in [-0.05, 0) is 19.3 Å². The van der Waals surface area contributed by atoms with Crippen LogP contribution in [0.1, 0.15) is 51.9 Å². The molecule has 1 N–H and O–H groups in total. The molecule has 0 aromatic carbocycles. The van der Waals surface area contributed by atoms with E-state index in [9.17, 15) is 9.59 Å². The topological polar surface area (TPSA) is 128 Å². The number of carbonyl (C=O) groups is 2. The molecule has 11 heteroatoms. The molecule has 0 spiro atoms. The summed E-state index contributed by atoms with van der Waals surface area (Å²) in [6.45, 7) is 9.54. The fraction of sp³-hybridized carbons (Fsp3) is 0.920. The highest BCUT2D eigenvalue weighted by molar-refractivity contribution is 5.69. The standard InChI is InChI=1S/C25H48O11/c1-2-3-6-9-29-10-11-30-12-13-31-14-15-32-16-17-33-18-19-34-20-21-35-22-23-36-25(28)8-5-4-7-24(26)27/h2-23H2,1H3,(H,26,27). The lowest BCUT2D eigenvalue weighted by molar-refractivity contribution is -0.146. The number of rotatable bonds is 30. The van der Waals surface area contributed by atoms with Crippen LogP contribution in [0.15, 0.2) is 0 Å². The van der Waals surface area contributed by atoms with Crippen LogP contribution < -0.4 is 0 Å². The zero-order valence-corrected chi connectivity index (χ0v) is 22.1. The number of hydrogen-bond donors (Lipinski definition) is 1. The molecule has 214 valence electrons. The molecule has 11 nitrogen and oxygen atoms in total. The first-order valence-corrected chi connectivity index (χ1v) is 13.1. The predicted octanol–water partition coefficient (Wildman–Crippen LogP) is 2.48. The molecular formula is C25H48O11. The average Bonchev–Trinajstić information content (AvgIpc) is 2.86. The quantitative estimate of drug-likeness (QED) is 0.110. The molecule has 36 heavy (non-hydrogen) atoms. The Bertz CT molecular complexity index is 477. The van der Waals surface area contributed by atoms with Gasteiger partial charge in [-0.2, -0.15) is 0 Å². The molecule has 0 aliphatic heterocycles. The van der Waals surface area contributed by atoms with E-state index in [1.54, 1.807) is 0 Å². The van der Waals surface area contributed by atoms with Gasteiger partial charge in [-0.1, -0.05) is 19.8 Å². The van der Waals surface area contributed by atoms with Gasteiger partial charge in [0.15, 0.2) is 0 Å². The zero-order chi connectivity index (χ0) is 26.4. The van der Waals surface area contributed by atoms with Gasteiger partial charge < -0.3 is 43.0 Å². The van der Waals surface area contributed by atoms with Crippen LogP contribution in [-0.4, -0.2) is 116 Å². The molecule has 0 saturated heterocycles. The molecule has 0 rings (SSSR count). The van der Waals surface area contributed by atoms with Crippen molar-refractivity contribution >= 4 is 11.9 Å². The Kier molecular flexibility index (Phi) is 28.8. The molecule has 0 unspecified atom stereocenters. The first-order chi connectivity index (χ1) is 17.7. The Labute approximate surface area is 216 Å². The van der Waals surface area contributed by atoms with Crippen LogP contribution in [0.25, 0.3) is 0 Å². The van der Waals surface area contributed by atoms with E-state index in [1.165, 1.54) is 12.8 Å². The number of unbranched alkanes of at least 4 members (excludes halogenated alkanes) is 3. The van der Waals surface area contributed by atoms with Gasteiger partial charge in [0.1, 0.15) is 6.61 Å². The van der Waals surface area contributed by atoms with Crippen molar-refractivity contribution in [2.75, 3.05) is 99.1 Å². The molecule has 0 atom stereocenters. The molecule has 0 saturated carbocycles. The summed E-state index contributed by atoms with van der Waals surface area (Å²) in [6, 6.07) is 0. The van der Waals surface area contributed by atoms with Gasteiger partial charge in [0.05, 0.1) is 85.9 Å². The van der Waals surface area contributed by atoms with Gasteiger partial charge in [-0.3, -0.25) is 9.59 Å². The van der Waals surface area contributed by atoms with Crippen LogP contribution in [0.3, 0.4) is 0 Å². The number of carboxylic acids is 1. The number of carboxylic acid groups (broad SMARTS) is 1. The van der Waals surface area contributed by atoms with E-state index in [2.05, 4.69) is 6.92 Å². The lowest BCUT2D eigenvalue weighted by Crippen LogP contribution is -2.15. The van der Waals surface area contributed by atoms with Crippen LogP contribution in [0, 0.1) is 0 Å². The van der Waals surface area contributed by atoms with Gasteiger partial charge in [0.2, 0.25) is 0 Å². The minimum Gasteiger partial charge on any atom is -0.481 e. The van der Waals surface area contributed by atoms with Crippen LogP contribution >= 0.6 is 0 Å². The Morgan fingerprint density at radius 3 is 1.22 bits per heavy atom. The Balaban J connectivity index is 3.10. The van der Waals surface area contributed by atoms with Crippen molar-refractivity contribution in [3.8, 4) is 0 Å². The molecule has 0 aliphatic rings. The van der Waals surface area contributed by atoms with Crippen molar-refractivity contribution < 1.29 is 52.6 Å². The summed E-state index contributed by atoms with van der Waals surface area (Å²) in [5.41, 5.74) is 0. The van der Waals surface area contributed by atoms with Gasteiger partial charge in [0, 0.05) is 19.4 Å². The van der Waals surface area contributed by atoms with E-state index < -0.39 is 5.97 Å². The highest BCUT2D eigenvalue weighted by atomic mass is 16.6. The molecule has 0 radical (unpaired) electrons. The van der Waals surface area contributed by atoms with Crippen LogP contribution in [0.5, 0.6) is 0 Å². The number of hydrogen-bond acceptors (Lipinski definition) is 10. The molecule has 0 aliphatic carbocycles. The lowest BCUT2D eigenvalue weighted by atomic mass is 10.2. The fourth-order valence-electron chi connectivity index (χ4n) is 2.71. The Morgan fingerprint density at radius 2 is 0.833 bits per heavy atom. The van der Waals surface area contributed by atoms with Gasteiger partial charge in [0.25, 0.3) is 0 Å². The first kappa shape index (κ1) is 34.7. The van der Waals surface area contributed by atoms with E-state index in [-0.39, 0.29) is 25.4 Å². The third-order valence-electron chi connectivity index (χ3n) is 4.64. The second-order valence-corrected chi connectivity index (χ2v) is 7.82. The molecule has 0 bridgehead atoms. The third kappa shape index (κ3) is 30.7. The lowest BCUT2D eigenvalue weighted by Gasteiger charge is -2.08. The largest absolute Gasteiger partial charge is 0.481 e. The molecule has 0 amide bonds. The smallest absolute Gasteiger partial charge is 0.305 e. The average molecular weight is 525 g/mol. The summed E-state index contributed by atoms with van der Waals surface area (Å²) in [4.78, 5) is 21.8. The van der Waals surface area contributed by atoms with Crippen LogP contribution in [0.4, 0.5) is 0 Å². The highest BCUT2D eigenvalue weighted by Gasteiger charge is 2.04. The predicted molar refractivity (Wildman–Crippen MR) is 132 cm³/mol. The summed E-state index contributed by atoms with van der Waals surface area (Å²) in [5, 5.41) is 8.52. The molecule has 0 aromatic heterocycles. The number of ether oxygens (including phenoxy) is 8. The van der Waals surface area contributed by atoms with Crippen molar-refractivity contribution in [1.82, 2.24) is 0 Å². The Morgan fingerprint density at radius 1 is 0.472 bits per heavy atom. The van der Waals surface area contributed by atoms with E-state index in [4.69, 9.17) is 43.0 Å². The summed E-state index contributed by atoms with van der Waals surface area (Å²) in [5.74, 6) is -1.20.